The molecule has 0 amide bonds. The van der Waals surface area contributed by atoms with Gasteiger partial charge in [-0.15, -0.1) is 11.3 Å². The highest BCUT2D eigenvalue weighted by molar-refractivity contribution is 7.19. The molecule has 0 fully saturated rings. The normalized spacial score (nSPS) is 22.9. The van der Waals surface area contributed by atoms with Crippen molar-refractivity contribution < 1.29 is 0 Å². The molecule has 0 aliphatic heterocycles. The van der Waals surface area contributed by atoms with Crippen LogP contribution >= 0.6 is 11.3 Å². The summed E-state index contributed by atoms with van der Waals surface area (Å²) in [6.45, 7) is 2.49. The second-order valence-electron chi connectivity index (χ2n) is 14.5. The third-order valence-electron chi connectivity index (χ3n) is 11.5. The van der Waals surface area contributed by atoms with E-state index in [1.165, 1.54) is 81.1 Å². The number of hydrogen-bond donors (Lipinski definition) is 0. The van der Waals surface area contributed by atoms with Gasteiger partial charge in [-0.3, -0.25) is 0 Å². The first-order chi connectivity index (χ1) is 24.7. The minimum atomic E-state index is -0.197. The largest absolute Gasteiger partial charge is 0.139 e. The van der Waals surface area contributed by atoms with Gasteiger partial charge in [-0.25, -0.2) is 0 Å². The highest BCUT2D eigenvalue weighted by atomic mass is 32.1. The molecular weight excluding hydrogens is 621 g/mol. The van der Waals surface area contributed by atoms with Crippen LogP contribution in [0.15, 0.2) is 163 Å². The van der Waals surface area contributed by atoms with Gasteiger partial charge < -0.3 is 0 Å². The summed E-state index contributed by atoms with van der Waals surface area (Å²) >= 11 is 1.97. The summed E-state index contributed by atoms with van der Waals surface area (Å²) in [5.41, 5.74) is 13.2. The zero-order chi connectivity index (χ0) is 33.2. The molecule has 0 bridgehead atoms. The number of fused-ring (bicyclic) bond motifs is 7. The van der Waals surface area contributed by atoms with Crippen LogP contribution in [0.4, 0.5) is 0 Å². The van der Waals surface area contributed by atoms with E-state index in [9.17, 15) is 0 Å². The predicted molar refractivity (Wildman–Crippen MR) is 214 cm³/mol. The lowest BCUT2D eigenvalue weighted by molar-refractivity contribution is 0.547. The Morgan fingerprint density at radius 1 is 0.660 bits per heavy atom. The molecule has 5 aromatic rings. The van der Waals surface area contributed by atoms with Crippen LogP contribution in [0.3, 0.4) is 0 Å². The highest BCUT2D eigenvalue weighted by Crippen LogP contribution is 2.52. The molecule has 5 aliphatic carbocycles. The van der Waals surface area contributed by atoms with E-state index in [2.05, 4.69) is 171 Å². The van der Waals surface area contributed by atoms with Crippen molar-refractivity contribution in [2.75, 3.05) is 0 Å². The smallest absolute Gasteiger partial charge is 0.0352 e. The maximum Gasteiger partial charge on any atom is 0.0352 e. The summed E-state index contributed by atoms with van der Waals surface area (Å²) in [4.78, 5) is 1.50. The minimum Gasteiger partial charge on any atom is -0.139 e. The summed E-state index contributed by atoms with van der Waals surface area (Å²) in [7, 11) is 0. The second-order valence-corrected chi connectivity index (χ2v) is 15.6. The molecule has 1 aromatic heterocycles. The summed E-state index contributed by atoms with van der Waals surface area (Å²) in [6.07, 6.45) is 31.2. The summed E-state index contributed by atoms with van der Waals surface area (Å²) in [6, 6.07) is 34.6. The lowest BCUT2D eigenvalue weighted by Crippen LogP contribution is -2.42. The van der Waals surface area contributed by atoms with Crippen LogP contribution in [0.2, 0.25) is 0 Å². The van der Waals surface area contributed by atoms with Crippen LogP contribution in [0.5, 0.6) is 0 Å². The first-order valence-corrected chi connectivity index (χ1v) is 18.9. The van der Waals surface area contributed by atoms with Crippen molar-refractivity contribution in [3.8, 4) is 11.1 Å². The Kier molecular flexibility index (Phi) is 6.93. The van der Waals surface area contributed by atoms with Crippen LogP contribution in [0.25, 0.3) is 44.0 Å². The fourth-order valence-electron chi connectivity index (χ4n) is 9.06. The molecule has 0 spiro atoms. The average Bonchev–Trinajstić information content (AvgIpc) is 3.56. The van der Waals surface area contributed by atoms with Crippen LogP contribution < -0.4 is 10.4 Å². The van der Waals surface area contributed by atoms with Crippen molar-refractivity contribution in [3.63, 3.8) is 0 Å². The fraction of sp³-hybridized carbons (Fsp3) is 0.143. The zero-order valence-corrected chi connectivity index (χ0v) is 29.1. The molecule has 1 heterocycles. The Balaban J connectivity index is 1.24. The molecule has 0 N–H and O–H groups in total. The van der Waals surface area contributed by atoms with E-state index in [4.69, 9.17) is 0 Å². The van der Waals surface area contributed by atoms with Gasteiger partial charge in [0.25, 0.3) is 0 Å². The molecule has 240 valence electrons. The molecule has 50 heavy (non-hydrogen) atoms. The Bertz CT molecular complexity index is 2570. The predicted octanol–water partition coefficient (Wildman–Crippen LogP) is 11.5. The molecule has 3 atom stereocenters. The molecule has 0 nitrogen and oxygen atoms in total. The standard InChI is InChI=1S/C49H38S/c1-49-27-13-12-22-44(49)46(35-24-26-45-43(31-35)42-25-23-34-18-8-9-19-39(34)48(42)50-45)40-20-10-11-21-41(40)47(49)38-29-36(32-14-4-2-5-15-32)28-37(30-38)33-16-6-3-7-17-33/h2,4-6,8-26,28-31,34,39H,3,7,27H2,1H3. The van der Waals surface area contributed by atoms with Gasteiger partial charge >= 0.3 is 0 Å². The summed E-state index contributed by atoms with van der Waals surface area (Å²) < 4.78 is 1.38. The number of allylic oxidation sites excluding steroid dienone is 13. The second kappa shape index (κ2) is 11.7. The van der Waals surface area contributed by atoms with Crippen LogP contribution in [0, 0.1) is 11.3 Å². The number of hydrogen-bond acceptors (Lipinski definition) is 1. The van der Waals surface area contributed by atoms with Crippen LogP contribution in [-0.2, 0) is 0 Å². The van der Waals surface area contributed by atoms with Crippen molar-refractivity contribution in [3.05, 3.63) is 201 Å². The van der Waals surface area contributed by atoms with Gasteiger partial charge in [0.15, 0.2) is 0 Å². The molecule has 4 aromatic carbocycles. The average molecular weight is 659 g/mol. The molecular formula is C49H38S. The zero-order valence-electron chi connectivity index (χ0n) is 28.3. The van der Waals surface area contributed by atoms with Gasteiger partial charge in [-0.05, 0) is 116 Å². The van der Waals surface area contributed by atoms with Crippen molar-refractivity contribution in [1.29, 1.82) is 0 Å². The number of thiophene rings is 1. The SMILES string of the molecule is CC12CC=CC=C1C(c1ccc3sc4c(c3c1)C=CC1C=CC=CC41)=c1ccccc1=C2c1cc(C2=CCCC=C2)cc(-c2ccccc2)c1. The lowest BCUT2D eigenvalue weighted by atomic mass is 9.62. The van der Waals surface area contributed by atoms with E-state index in [1.54, 1.807) is 0 Å². The number of rotatable bonds is 4. The molecule has 0 saturated heterocycles. The lowest BCUT2D eigenvalue weighted by Gasteiger charge is -2.41. The monoisotopic (exact) mass is 658 g/mol. The first-order valence-electron chi connectivity index (χ1n) is 18.1. The van der Waals surface area contributed by atoms with Gasteiger partial charge in [0.05, 0.1) is 0 Å². The van der Waals surface area contributed by atoms with Crippen LogP contribution in [0.1, 0.15) is 59.2 Å². The van der Waals surface area contributed by atoms with Gasteiger partial charge in [0, 0.05) is 32.2 Å². The van der Waals surface area contributed by atoms with Crippen molar-refractivity contribution >= 4 is 44.2 Å². The van der Waals surface area contributed by atoms with Gasteiger partial charge in [0.2, 0.25) is 0 Å². The van der Waals surface area contributed by atoms with Gasteiger partial charge in [-0.1, -0.05) is 140 Å². The van der Waals surface area contributed by atoms with Crippen LogP contribution in [-0.4, -0.2) is 0 Å². The third-order valence-corrected chi connectivity index (χ3v) is 12.8. The molecule has 10 rings (SSSR count). The van der Waals surface area contributed by atoms with Gasteiger partial charge in [-0.2, -0.15) is 0 Å². The van der Waals surface area contributed by atoms with E-state index in [-0.39, 0.29) is 5.41 Å². The maximum atomic E-state index is 2.49. The Hall–Kier alpha value is -5.24. The molecule has 3 unspecified atom stereocenters. The summed E-state index contributed by atoms with van der Waals surface area (Å²) in [5.74, 6) is 0.895. The molecule has 0 radical (unpaired) electrons. The third kappa shape index (κ3) is 4.64. The fourth-order valence-corrected chi connectivity index (χ4v) is 10.4. The Labute approximate surface area is 298 Å². The van der Waals surface area contributed by atoms with Gasteiger partial charge in [0.1, 0.15) is 0 Å². The quantitative estimate of drug-likeness (QED) is 0.180. The van der Waals surface area contributed by atoms with E-state index in [1.807, 2.05) is 11.3 Å². The molecule has 0 saturated carbocycles. The van der Waals surface area contributed by atoms with E-state index >= 15 is 0 Å². The molecule has 1 heteroatoms. The summed E-state index contributed by atoms with van der Waals surface area (Å²) in [5, 5.41) is 4.04. The van der Waals surface area contributed by atoms with E-state index in [0.717, 1.165) is 19.3 Å². The topological polar surface area (TPSA) is 0 Å². The first kappa shape index (κ1) is 29.7. The number of benzene rings is 4. The minimum absolute atomic E-state index is 0.197. The Morgan fingerprint density at radius 3 is 2.36 bits per heavy atom. The highest BCUT2D eigenvalue weighted by Gasteiger charge is 2.40. The van der Waals surface area contributed by atoms with Crippen molar-refractivity contribution in [2.24, 2.45) is 11.3 Å². The maximum absolute atomic E-state index is 2.49. The van der Waals surface area contributed by atoms with E-state index in [0.29, 0.717) is 11.8 Å². The van der Waals surface area contributed by atoms with Crippen molar-refractivity contribution in [1.82, 2.24) is 0 Å². The molecule has 5 aliphatic rings. The van der Waals surface area contributed by atoms with Crippen molar-refractivity contribution in [2.45, 2.75) is 32.1 Å². The Morgan fingerprint density at radius 2 is 1.48 bits per heavy atom. The van der Waals surface area contributed by atoms with E-state index < -0.39 is 0 Å².